The van der Waals surface area contributed by atoms with Gasteiger partial charge in [-0.1, -0.05) is 11.6 Å². The molecule has 112 valence electrons. The van der Waals surface area contributed by atoms with E-state index in [0.717, 1.165) is 18.9 Å². The number of likely N-dealkylation sites (tertiary alicyclic amines) is 1. The Bertz CT molecular complexity index is 597. The topological polar surface area (TPSA) is 49.4 Å². The lowest BCUT2D eigenvalue weighted by Crippen LogP contribution is -2.44. The van der Waals surface area contributed by atoms with E-state index in [-0.39, 0.29) is 22.3 Å². The Kier molecular flexibility index (Phi) is 3.61. The Morgan fingerprint density at radius 1 is 1.33 bits per heavy atom. The van der Waals surface area contributed by atoms with Crippen LogP contribution in [0.5, 0.6) is 0 Å². The number of hydrogen-bond donors (Lipinski definition) is 1. The van der Waals surface area contributed by atoms with Gasteiger partial charge in [-0.3, -0.25) is 9.59 Å². The molecule has 4 nitrogen and oxygen atoms in total. The van der Waals surface area contributed by atoms with Crippen LogP contribution in [0.2, 0.25) is 5.02 Å². The molecule has 0 saturated carbocycles. The molecule has 0 atom stereocenters. The van der Waals surface area contributed by atoms with Gasteiger partial charge in [-0.05, 0) is 36.5 Å². The number of carbonyl (C=O) groups excluding carboxylic acids is 2. The van der Waals surface area contributed by atoms with Crippen LogP contribution in [0.4, 0.5) is 4.39 Å². The summed E-state index contributed by atoms with van der Waals surface area (Å²) in [5.41, 5.74) is 0.329. The number of rotatable bonds is 1. The molecule has 3 rings (SSSR count). The zero-order chi connectivity index (χ0) is 15.0. The summed E-state index contributed by atoms with van der Waals surface area (Å²) in [5.74, 6) is -0.534. The maximum absolute atomic E-state index is 13.0. The summed E-state index contributed by atoms with van der Waals surface area (Å²) in [6, 6.07) is 3.81. The Labute approximate surface area is 127 Å². The number of carbonyl (C=O) groups is 2. The maximum atomic E-state index is 13.0. The van der Waals surface area contributed by atoms with Crippen molar-refractivity contribution in [2.45, 2.75) is 19.3 Å². The number of hydrogen-bond acceptors (Lipinski definition) is 2. The minimum atomic E-state index is -0.454. The van der Waals surface area contributed by atoms with Gasteiger partial charge in [0, 0.05) is 26.1 Å². The first-order chi connectivity index (χ1) is 9.99. The molecule has 0 aromatic heterocycles. The first kappa shape index (κ1) is 14.3. The molecular formula is C15H16ClFN2O2. The molecule has 2 aliphatic rings. The van der Waals surface area contributed by atoms with Gasteiger partial charge in [0.25, 0.3) is 5.91 Å². The third-order valence-corrected chi connectivity index (χ3v) is 4.78. The van der Waals surface area contributed by atoms with Gasteiger partial charge in [-0.25, -0.2) is 4.39 Å². The number of benzene rings is 1. The van der Waals surface area contributed by atoms with E-state index >= 15 is 0 Å². The van der Waals surface area contributed by atoms with Crippen LogP contribution >= 0.6 is 11.6 Å². The lowest BCUT2D eigenvalue weighted by Gasteiger charge is -2.38. The fraction of sp³-hybridized carbons (Fsp3) is 0.467. The summed E-state index contributed by atoms with van der Waals surface area (Å²) < 4.78 is 13.0. The van der Waals surface area contributed by atoms with Crippen LogP contribution in [0, 0.1) is 11.2 Å². The molecule has 0 bridgehead atoms. The van der Waals surface area contributed by atoms with Crippen molar-refractivity contribution in [3.05, 3.63) is 34.6 Å². The van der Waals surface area contributed by atoms with E-state index in [9.17, 15) is 14.0 Å². The van der Waals surface area contributed by atoms with Crippen LogP contribution in [-0.4, -0.2) is 36.3 Å². The molecule has 0 aliphatic carbocycles. The molecular weight excluding hydrogens is 295 g/mol. The molecule has 1 aromatic carbocycles. The summed E-state index contributed by atoms with van der Waals surface area (Å²) in [7, 11) is 0. The van der Waals surface area contributed by atoms with E-state index in [1.54, 1.807) is 4.90 Å². The zero-order valence-corrected chi connectivity index (χ0v) is 12.3. The monoisotopic (exact) mass is 310 g/mol. The summed E-state index contributed by atoms with van der Waals surface area (Å²) >= 11 is 5.94. The van der Waals surface area contributed by atoms with Gasteiger partial charge in [-0.2, -0.15) is 0 Å². The van der Waals surface area contributed by atoms with Gasteiger partial charge >= 0.3 is 0 Å². The predicted octanol–water partition coefficient (Wildman–Crippen LogP) is 2.22. The number of halogens is 2. The SMILES string of the molecule is O=C1CC2(CCN(C(=O)c3ccc(F)cc3Cl)CC2)CN1. The van der Waals surface area contributed by atoms with Gasteiger partial charge in [0.1, 0.15) is 5.82 Å². The lowest BCUT2D eigenvalue weighted by atomic mass is 9.77. The molecule has 2 amide bonds. The van der Waals surface area contributed by atoms with Gasteiger partial charge in [0.2, 0.25) is 5.91 Å². The Morgan fingerprint density at radius 2 is 2.05 bits per heavy atom. The standard InChI is InChI=1S/C15H16ClFN2O2/c16-12-7-10(17)1-2-11(12)14(21)19-5-3-15(4-6-19)8-13(20)18-9-15/h1-2,7H,3-6,8-9H2,(H,18,20). The largest absolute Gasteiger partial charge is 0.356 e. The molecule has 1 aromatic rings. The van der Waals surface area contributed by atoms with Crippen molar-refractivity contribution in [2.75, 3.05) is 19.6 Å². The molecule has 0 unspecified atom stereocenters. The summed E-state index contributed by atoms with van der Waals surface area (Å²) in [4.78, 5) is 25.6. The molecule has 2 heterocycles. The van der Waals surface area contributed by atoms with E-state index < -0.39 is 5.82 Å². The van der Waals surface area contributed by atoms with Gasteiger partial charge in [0.15, 0.2) is 0 Å². The van der Waals surface area contributed by atoms with Crippen molar-refractivity contribution in [3.63, 3.8) is 0 Å². The van der Waals surface area contributed by atoms with Crippen molar-refractivity contribution in [3.8, 4) is 0 Å². The fourth-order valence-electron chi connectivity index (χ4n) is 3.12. The molecule has 2 fully saturated rings. The van der Waals surface area contributed by atoms with E-state index in [4.69, 9.17) is 11.6 Å². The second kappa shape index (κ2) is 5.30. The third kappa shape index (κ3) is 2.75. The van der Waals surface area contributed by atoms with Crippen LogP contribution in [0.15, 0.2) is 18.2 Å². The van der Waals surface area contributed by atoms with Gasteiger partial charge < -0.3 is 10.2 Å². The Morgan fingerprint density at radius 3 is 2.62 bits per heavy atom. The number of piperidine rings is 1. The van der Waals surface area contributed by atoms with Gasteiger partial charge in [0.05, 0.1) is 10.6 Å². The van der Waals surface area contributed by atoms with Crippen LogP contribution < -0.4 is 5.32 Å². The quantitative estimate of drug-likeness (QED) is 0.864. The highest BCUT2D eigenvalue weighted by molar-refractivity contribution is 6.33. The number of nitrogens with one attached hydrogen (secondary N) is 1. The van der Waals surface area contributed by atoms with Crippen molar-refractivity contribution in [1.82, 2.24) is 10.2 Å². The van der Waals surface area contributed by atoms with Gasteiger partial charge in [-0.15, -0.1) is 0 Å². The first-order valence-electron chi connectivity index (χ1n) is 7.00. The van der Waals surface area contributed by atoms with Crippen LogP contribution in [0.25, 0.3) is 0 Å². The minimum absolute atomic E-state index is 0.000450. The van der Waals surface area contributed by atoms with Crippen molar-refractivity contribution < 1.29 is 14.0 Å². The fourth-order valence-corrected chi connectivity index (χ4v) is 3.37. The first-order valence-corrected chi connectivity index (χ1v) is 7.38. The van der Waals surface area contributed by atoms with Crippen molar-refractivity contribution >= 4 is 23.4 Å². The Hall–Kier alpha value is -1.62. The molecule has 1 N–H and O–H groups in total. The van der Waals surface area contributed by atoms with Crippen LogP contribution in [-0.2, 0) is 4.79 Å². The molecule has 2 saturated heterocycles. The zero-order valence-electron chi connectivity index (χ0n) is 11.5. The normalized spacial score (nSPS) is 20.7. The predicted molar refractivity (Wildman–Crippen MR) is 76.6 cm³/mol. The maximum Gasteiger partial charge on any atom is 0.255 e. The minimum Gasteiger partial charge on any atom is -0.356 e. The summed E-state index contributed by atoms with van der Waals surface area (Å²) in [6.45, 7) is 1.90. The van der Waals surface area contributed by atoms with E-state index in [0.29, 0.717) is 31.6 Å². The third-order valence-electron chi connectivity index (χ3n) is 4.47. The lowest BCUT2D eigenvalue weighted by molar-refractivity contribution is -0.119. The Balaban J connectivity index is 1.69. The highest BCUT2D eigenvalue weighted by atomic mass is 35.5. The van der Waals surface area contributed by atoms with Crippen LogP contribution in [0.1, 0.15) is 29.6 Å². The molecule has 6 heteroatoms. The molecule has 21 heavy (non-hydrogen) atoms. The highest BCUT2D eigenvalue weighted by Crippen LogP contribution is 2.38. The highest BCUT2D eigenvalue weighted by Gasteiger charge is 2.41. The average Bonchev–Trinajstić information content (AvgIpc) is 2.80. The molecule has 2 aliphatic heterocycles. The smallest absolute Gasteiger partial charge is 0.255 e. The second-order valence-electron chi connectivity index (χ2n) is 5.87. The van der Waals surface area contributed by atoms with E-state index in [1.165, 1.54) is 12.1 Å². The number of nitrogens with zero attached hydrogens (tertiary/aromatic N) is 1. The van der Waals surface area contributed by atoms with E-state index in [2.05, 4.69) is 5.32 Å². The molecule has 0 radical (unpaired) electrons. The van der Waals surface area contributed by atoms with Crippen LogP contribution in [0.3, 0.4) is 0 Å². The van der Waals surface area contributed by atoms with Crippen molar-refractivity contribution in [1.29, 1.82) is 0 Å². The van der Waals surface area contributed by atoms with E-state index in [1.807, 2.05) is 0 Å². The molecule has 1 spiro atoms. The second-order valence-corrected chi connectivity index (χ2v) is 6.28. The number of amides is 2. The summed E-state index contributed by atoms with van der Waals surface area (Å²) in [5, 5.41) is 3.00. The van der Waals surface area contributed by atoms with Crippen molar-refractivity contribution in [2.24, 2.45) is 5.41 Å². The average molecular weight is 311 g/mol. The summed E-state index contributed by atoms with van der Waals surface area (Å²) in [6.07, 6.45) is 2.15.